The number of halogens is 4. The van der Waals surface area contributed by atoms with Crippen molar-refractivity contribution < 1.29 is 0 Å². The number of benzene rings is 3. The molecule has 0 saturated carbocycles. The summed E-state index contributed by atoms with van der Waals surface area (Å²) < 4.78 is 12.4. The molecule has 8 heteroatoms. The number of hydrogen-bond acceptors (Lipinski definition) is 4. The molecule has 7 rings (SSSR count). The zero-order chi connectivity index (χ0) is 27.7. The Hall–Kier alpha value is -1.46. The lowest BCUT2D eigenvalue weighted by Crippen LogP contribution is -1.80. The van der Waals surface area contributed by atoms with Gasteiger partial charge in [0.2, 0.25) is 0 Å². The number of thiophene rings is 4. The van der Waals surface area contributed by atoms with Gasteiger partial charge in [0.15, 0.2) is 0 Å². The standard InChI is InChI=1S/C32H14Br4S4/c1-3-5-15-7-9-17(21(33)11-15)27-25(35)31-29(39-27)19-13-24-20(14-23(19)37-31)30-32(38-24)26(36)28(40-30)18-10-8-16(6-4-2)12-22(18)34/h7-14H,1-2H3. The molecule has 0 spiro atoms. The fraction of sp³-hybridized carbons (Fsp3) is 0.0625. The summed E-state index contributed by atoms with van der Waals surface area (Å²) in [5.41, 5.74) is 4.40. The van der Waals surface area contributed by atoms with Crippen molar-refractivity contribution in [1.82, 2.24) is 0 Å². The molecule has 0 aliphatic carbocycles. The topological polar surface area (TPSA) is 0 Å². The Morgan fingerprint density at radius 2 is 0.950 bits per heavy atom. The van der Waals surface area contributed by atoms with Crippen LogP contribution in [-0.2, 0) is 0 Å². The van der Waals surface area contributed by atoms with Crippen LogP contribution in [0.5, 0.6) is 0 Å². The maximum Gasteiger partial charge on any atom is 0.0612 e. The number of hydrogen-bond donors (Lipinski definition) is 0. The normalized spacial score (nSPS) is 11.3. The first kappa shape index (κ1) is 27.4. The van der Waals surface area contributed by atoms with Gasteiger partial charge in [-0.05, 0) is 82.1 Å². The second kappa shape index (κ2) is 10.7. The van der Waals surface area contributed by atoms with Crippen molar-refractivity contribution in [2.45, 2.75) is 13.8 Å². The van der Waals surface area contributed by atoms with Crippen molar-refractivity contribution in [3.05, 3.63) is 77.5 Å². The molecule has 0 atom stereocenters. The van der Waals surface area contributed by atoms with Crippen molar-refractivity contribution >= 4 is 148 Å². The Bertz CT molecular complexity index is 2140. The second-order valence-corrected chi connectivity index (χ2v) is 16.4. The Morgan fingerprint density at radius 3 is 1.32 bits per heavy atom. The van der Waals surface area contributed by atoms with Crippen LogP contribution < -0.4 is 0 Å². The van der Waals surface area contributed by atoms with E-state index in [1.807, 2.05) is 59.2 Å². The molecule has 0 radical (unpaired) electrons. The van der Waals surface area contributed by atoms with Gasteiger partial charge in [0.05, 0.1) is 37.5 Å². The van der Waals surface area contributed by atoms with Crippen molar-refractivity contribution in [2.24, 2.45) is 0 Å². The lowest BCUT2D eigenvalue weighted by Gasteiger charge is -2.04. The minimum Gasteiger partial charge on any atom is -0.133 e. The van der Waals surface area contributed by atoms with Crippen molar-refractivity contribution in [3.63, 3.8) is 0 Å². The molecule has 7 aromatic rings. The van der Waals surface area contributed by atoms with Gasteiger partial charge in [-0.1, -0.05) is 55.8 Å². The van der Waals surface area contributed by atoms with Gasteiger partial charge in [0, 0.05) is 51.4 Å². The molecular formula is C32H14Br4S4. The van der Waals surface area contributed by atoms with E-state index >= 15 is 0 Å². The minimum absolute atomic E-state index is 1.02. The van der Waals surface area contributed by atoms with Crippen LogP contribution in [0, 0.1) is 23.7 Å². The summed E-state index contributed by atoms with van der Waals surface area (Å²) in [5.74, 6) is 12.3. The van der Waals surface area contributed by atoms with Gasteiger partial charge in [-0.25, -0.2) is 0 Å². The zero-order valence-electron chi connectivity index (χ0n) is 20.8. The molecule has 40 heavy (non-hydrogen) atoms. The Balaban J connectivity index is 1.37. The van der Waals surface area contributed by atoms with Gasteiger partial charge in [-0.2, -0.15) is 0 Å². The number of fused-ring (bicyclic) bond motifs is 6. The van der Waals surface area contributed by atoms with Crippen molar-refractivity contribution in [2.75, 3.05) is 0 Å². The minimum atomic E-state index is 1.02. The Kier molecular flexibility index (Phi) is 7.30. The van der Waals surface area contributed by atoms with Crippen LogP contribution in [0.15, 0.2) is 66.4 Å². The molecule has 3 aromatic carbocycles. The van der Waals surface area contributed by atoms with Gasteiger partial charge < -0.3 is 0 Å². The molecule has 0 aliphatic heterocycles. The average Bonchev–Trinajstić information content (AvgIpc) is 3.64. The van der Waals surface area contributed by atoms with Gasteiger partial charge in [-0.3, -0.25) is 0 Å². The zero-order valence-corrected chi connectivity index (χ0v) is 30.4. The Labute approximate surface area is 280 Å². The SMILES string of the molecule is CC#Cc1ccc(-c2sc3c(sc4cc5c(cc43)sc3c(Br)c(-c4ccc(C#CC)cc4Br)sc35)c2Br)c(Br)c1. The summed E-state index contributed by atoms with van der Waals surface area (Å²) >= 11 is 22.9. The highest BCUT2D eigenvalue weighted by Crippen LogP contribution is 2.54. The highest BCUT2D eigenvalue weighted by atomic mass is 79.9. The molecule has 0 aliphatic rings. The van der Waals surface area contributed by atoms with Crippen LogP contribution in [0.3, 0.4) is 0 Å². The molecule has 0 fully saturated rings. The van der Waals surface area contributed by atoms with Crippen LogP contribution in [0.1, 0.15) is 25.0 Å². The molecule has 0 saturated heterocycles. The van der Waals surface area contributed by atoms with Crippen LogP contribution in [0.25, 0.3) is 59.9 Å². The van der Waals surface area contributed by atoms with Gasteiger partial charge in [0.1, 0.15) is 0 Å². The lowest BCUT2D eigenvalue weighted by atomic mass is 10.1. The Morgan fingerprint density at radius 1 is 0.525 bits per heavy atom. The summed E-state index contributed by atoms with van der Waals surface area (Å²) in [6.07, 6.45) is 0. The van der Waals surface area contributed by atoms with E-state index < -0.39 is 0 Å². The van der Waals surface area contributed by atoms with Gasteiger partial charge >= 0.3 is 0 Å². The molecule has 4 aromatic heterocycles. The monoisotopic (exact) mass is 842 g/mol. The highest BCUT2D eigenvalue weighted by molar-refractivity contribution is 9.11. The molecule has 0 unspecified atom stereocenters. The summed E-state index contributed by atoms with van der Waals surface area (Å²) in [6, 6.07) is 17.5. The van der Waals surface area contributed by atoms with Crippen LogP contribution >= 0.6 is 109 Å². The first-order valence-corrected chi connectivity index (χ1v) is 18.5. The smallest absolute Gasteiger partial charge is 0.0612 e. The van der Waals surface area contributed by atoms with Gasteiger partial charge in [0.25, 0.3) is 0 Å². The third kappa shape index (κ3) is 4.39. The van der Waals surface area contributed by atoms with E-state index in [1.165, 1.54) is 68.8 Å². The first-order valence-electron chi connectivity index (χ1n) is 12.0. The van der Waals surface area contributed by atoms with Crippen LogP contribution in [-0.4, -0.2) is 0 Å². The van der Waals surface area contributed by atoms with E-state index in [9.17, 15) is 0 Å². The molecular weight excluding hydrogens is 832 g/mol. The third-order valence-electron chi connectivity index (χ3n) is 6.58. The highest BCUT2D eigenvalue weighted by Gasteiger charge is 2.22. The molecule has 0 nitrogen and oxygen atoms in total. The van der Waals surface area contributed by atoms with Crippen molar-refractivity contribution in [3.8, 4) is 44.6 Å². The van der Waals surface area contributed by atoms with Crippen molar-refractivity contribution in [1.29, 1.82) is 0 Å². The quantitative estimate of drug-likeness (QED) is 0.152. The molecule has 194 valence electrons. The van der Waals surface area contributed by atoms with E-state index in [-0.39, 0.29) is 0 Å². The average molecular weight is 846 g/mol. The predicted molar refractivity (Wildman–Crippen MR) is 195 cm³/mol. The maximum absolute atomic E-state index is 3.95. The fourth-order valence-corrected chi connectivity index (χ4v) is 13.5. The van der Waals surface area contributed by atoms with Crippen LogP contribution in [0.2, 0.25) is 0 Å². The predicted octanol–water partition coefficient (Wildman–Crippen LogP) is 13.7. The van der Waals surface area contributed by atoms with Crippen LogP contribution in [0.4, 0.5) is 0 Å². The molecule has 4 heterocycles. The van der Waals surface area contributed by atoms with E-state index in [0.717, 1.165) is 20.1 Å². The molecule has 0 bridgehead atoms. The lowest BCUT2D eigenvalue weighted by molar-refractivity contribution is 1.59. The third-order valence-corrected chi connectivity index (χ3v) is 15.6. The summed E-state index contributed by atoms with van der Waals surface area (Å²) in [4.78, 5) is 2.49. The summed E-state index contributed by atoms with van der Waals surface area (Å²) in [5, 5.41) is 2.66. The number of rotatable bonds is 2. The van der Waals surface area contributed by atoms with E-state index in [0.29, 0.717) is 0 Å². The summed E-state index contributed by atoms with van der Waals surface area (Å²) in [7, 11) is 0. The molecule has 0 N–H and O–H groups in total. The van der Waals surface area contributed by atoms with E-state index in [4.69, 9.17) is 0 Å². The second-order valence-electron chi connectivity index (χ2n) is 8.99. The van der Waals surface area contributed by atoms with E-state index in [1.54, 1.807) is 0 Å². The molecule has 0 amide bonds. The van der Waals surface area contributed by atoms with E-state index in [2.05, 4.69) is 136 Å². The largest absolute Gasteiger partial charge is 0.133 e. The fourth-order valence-electron chi connectivity index (χ4n) is 4.82. The summed E-state index contributed by atoms with van der Waals surface area (Å²) in [6.45, 7) is 3.73. The van der Waals surface area contributed by atoms with Gasteiger partial charge in [-0.15, -0.1) is 57.2 Å². The maximum atomic E-state index is 3.95. The first-order chi connectivity index (χ1) is 19.4.